The monoisotopic (exact) mass is 453 g/mol. The van der Waals surface area contributed by atoms with Crippen molar-refractivity contribution in [2.24, 2.45) is 0 Å². The molecule has 0 radical (unpaired) electrons. The summed E-state index contributed by atoms with van der Waals surface area (Å²) in [6.07, 6.45) is 6.02. The van der Waals surface area contributed by atoms with Crippen molar-refractivity contribution in [3.63, 3.8) is 0 Å². The zero-order valence-corrected chi connectivity index (χ0v) is 20.5. The van der Waals surface area contributed by atoms with Gasteiger partial charge in [-0.15, -0.1) is 0 Å². The second-order valence-corrected chi connectivity index (χ2v) is 7.51. The van der Waals surface area contributed by atoms with E-state index in [1.165, 1.54) is 44.4 Å². The van der Waals surface area contributed by atoms with Gasteiger partial charge in [0.15, 0.2) is 0 Å². The number of rotatable bonds is 13. The van der Waals surface area contributed by atoms with Gasteiger partial charge in [-0.3, -0.25) is 0 Å². The Kier molecular flexibility index (Phi) is 18.7. The lowest BCUT2D eigenvalue weighted by atomic mass is 10.1. The van der Waals surface area contributed by atoms with Crippen LogP contribution in [0.3, 0.4) is 0 Å². The van der Waals surface area contributed by atoms with Crippen LogP contribution in [0.2, 0.25) is 0 Å². The predicted octanol–water partition coefficient (Wildman–Crippen LogP) is 2.07. The fourth-order valence-corrected chi connectivity index (χ4v) is 3.10. The minimum Gasteiger partial charge on any atom is -1.00 e. The molecule has 0 aromatic heterocycles. The molecule has 0 unspecified atom stereocenters. The van der Waals surface area contributed by atoms with Crippen LogP contribution in [0, 0.1) is 0 Å². The molecular formula is C25H40ClNO4. The molecule has 0 saturated heterocycles. The van der Waals surface area contributed by atoms with Crippen molar-refractivity contribution in [1.29, 1.82) is 0 Å². The van der Waals surface area contributed by atoms with E-state index in [0.29, 0.717) is 12.2 Å². The number of carbonyl (C=O) groups excluding carboxylic acids is 2. The third-order valence-corrected chi connectivity index (χ3v) is 4.84. The van der Waals surface area contributed by atoms with E-state index < -0.39 is 0 Å². The Balaban J connectivity index is 0. The van der Waals surface area contributed by atoms with E-state index in [4.69, 9.17) is 4.74 Å². The maximum absolute atomic E-state index is 11.3. The quantitative estimate of drug-likeness (QED) is 0.260. The molecule has 0 spiro atoms. The van der Waals surface area contributed by atoms with E-state index in [1.54, 1.807) is 6.92 Å². The number of ether oxygens (including phenoxy) is 2. The number of methoxy groups -OCH3 is 1. The molecule has 0 N–H and O–H groups in total. The second kappa shape index (κ2) is 18.6. The number of unbranched alkanes of at least 4 members (excludes halogenated alkanes) is 2. The van der Waals surface area contributed by atoms with Crippen molar-refractivity contribution in [3.05, 3.63) is 60.7 Å². The lowest BCUT2D eigenvalue weighted by Crippen LogP contribution is -3.00. The van der Waals surface area contributed by atoms with Crippen molar-refractivity contribution < 1.29 is 36.0 Å². The minimum atomic E-state index is -0.347. The summed E-state index contributed by atoms with van der Waals surface area (Å²) in [5.41, 5.74) is 1.79. The molecule has 0 aliphatic heterocycles. The number of esters is 2. The first-order chi connectivity index (χ1) is 14.3. The normalized spacial score (nSPS) is 10.1. The zero-order chi connectivity index (χ0) is 22.8. The summed E-state index contributed by atoms with van der Waals surface area (Å²) in [6.45, 7) is 17.5. The average Bonchev–Trinajstić information content (AvgIpc) is 2.76. The molecule has 0 saturated carbocycles. The molecule has 176 valence electrons. The molecule has 5 nitrogen and oxygen atoms in total. The van der Waals surface area contributed by atoms with Crippen molar-refractivity contribution in [2.45, 2.75) is 53.0 Å². The molecule has 0 aliphatic carbocycles. The summed E-state index contributed by atoms with van der Waals surface area (Å²) in [5, 5.41) is 0. The Labute approximate surface area is 195 Å². The SMILES string of the molecule is C=C(C)C(=O)OC.C=CC(=O)OCC[N+](CCCC)(CCCC)Cc1ccccc1.[Cl-]. The van der Waals surface area contributed by atoms with Crippen LogP contribution in [0.15, 0.2) is 55.1 Å². The predicted molar refractivity (Wildman–Crippen MR) is 123 cm³/mol. The lowest BCUT2D eigenvalue weighted by molar-refractivity contribution is -0.941. The molecule has 0 heterocycles. The summed E-state index contributed by atoms with van der Waals surface area (Å²) in [6, 6.07) is 10.6. The van der Waals surface area contributed by atoms with Gasteiger partial charge in [0.25, 0.3) is 0 Å². The fraction of sp³-hybridized carbons (Fsp3) is 0.520. The number of carbonyl (C=O) groups is 2. The van der Waals surface area contributed by atoms with Crippen molar-refractivity contribution >= 4 is 11.9 Å². The summed E-state index contributed by atoms with van der Waals surface area (Å²) < 4.78 is 10.5. The number of hydrogen-bond donors (Lipinski definition) is 0. The highest BCUT2D eigenvalue weighted by Crippen LogP contribution is 2.18. The van der Waals surface area contributed by atoms with Gasteiger partial charge in [-0.1, -0.05) is 70.2 Å². The first kappa shape index (κ1) is 31.1. The molecule has 1 aromatic carbocycles. The highest BCUT2D eigenvalue weighted by Gasteiger charge is 2.27. The van der Waals surface area contributed by atoms with Crippen LogP contribution in [-0.4, -0.2) is 49.8 Å². The number of halogens is 1. The Bertz CT molecular complexity index is 638. The highest BCUT2D eigenvalue weighted by atomic mass is 35.5. The smallest absolute Gasteiger partial charge is 0.332 e. The standard InChI is InChI=1S/C20H32NO2.C5H8O2.ClH/c1-4-7-14-21(15-8-5-2,16-17-23-20(22)6-3)18-19-12-10-9-11-13-19;1-4(2)5(6)7-3;/h6,9-13H,3-5,7-8,14-18H2,1-2H3;1H2,2-3H3;1H/q+1;;/p-1. The second-order valence-electron chi connectivity index (χ2n) is 7.51. The molecule has 0 fully saturated rings. The van der Waals surface area contributed by atoms with E-state index in [9.17, 15) is 9.59 Å². The first-order valence-electron chi connectivity index (χ1n) is 10.8. The largest absolute Gasteiger partial charge is 1.00 e. The number of quaternary nitrogens is 1. The van der Waals surface area contributed by atoms with Crippen molar-refractivity contribution in [1.82, 2.24) is 0 Å². The molecule has 1 aromatic rings. The van der Waals surface area contributed by atoms with E-state index in [-0.39, 0.29) is 24.3 Å². The molecule has 0 amide bonds. The summed E-state index contributed by atoms with van der Waals surface area (Å²) in [5.74, 6) is -0.672. The molecule has 0 aliphatic rings. The van der Waals surface area contributed by atoms with Gasteiger partial charge < -0.3 is 26.4 Å². The van der Waals surface area contributed by atoms with Gasteiger partial charge in [0.1, 0.15) is 19.7 Å². The van der Waals surface area contributed by atoms with Gasteiger partial charge in [0.05, 0.1) is 20.2 Å². The Morgan fingerprint density at radius 1 is 1.03 bits per heavy atom. The van der Waals surface area contributed by atoms with Gasteiger partial charge in [0, 0.05) is 17.2 Å². The number of nitrogens with zero attached hydrogens (tertiary/aromatic N) is 1. The summed E-state index contributed by atoms with van der Waals surface area (Å²) >= 11 is 0. The highest BCUT2D eigenvalue weighted by molar-refractivity contribution is 5.86. The molecule has 0 atom stereocenters. The molecule has 1 rings (SSSR count). The third kappa shape index (κ3) is 14.5. The molecule has 0 bridgehead atoms. The maximum Gasteiger partial charge on any atom is 0.332 e. The topological polar surface area (TPSA) is 52.6 Å². The van der Waals surface area contributed by atoms with Crippen LogP contribution in [0.1, 0.15) is 52.0 Å². The molecule has 31 heavy (non-hydrogen) atoms. The first-order valence-corrected chi connectivity index (χ1v) is 10.8. The van der Waals surface area contributed by atoms with Crippen LogP contribution in [-0.2, 0) is 25.6 Å². The van der Waals surface area contributed by atoms with Gasteiger partial charge in [-0.25, -0.2) is 9.59 Å². The average molecular weight is 454 g/mol. The Morgan fingerprint density at radius 2 is 1.58 bits per heavy atom. The van der Waals surface area contributed by atoms with Crippen LogP contribution in [0.25, 0.3) is 0 Å². The van der Waals surface area contributed by atoms with Crippen molar-refractivity contribution in [3.8, 4) is 0 Å². The molecular weight excluding hydrogens is 414 g/mol. The van der Waals surface area contributed by atoms with E-state index in [2.05, 4.69) is 62.1 Å². The Morgan fingerprint density at radius 3 is 1.97 bits per heavy atom. The van der Waals surface area contributed by atoms with Gasteiger partial charge in [-0.2, -0.15) is 0 Å². The van der Waals surface area contributed by atoms with Gasteiger partial charge in [-0.05, 0) is 19.8 Å². The number of hydrogen-bond acceptors (Lipinski definition) is 4. The summed E-state index contributed by atoms with van der Waals surface area (Å²) in [4.78, 5) is 21.5. The van der Waals surface area contributed by atoms with E-state index in [1.807, 2.05) is 0 Å². The maximum atomic E-state index is 11.3. The Hall–Kier alpha value is -2.11. The third-order valence-electron chi connectivity index (χ3n) is 4.84. The zero-order valence-electron chi connectivity index (χ0n) is 19.7. The lowest BCUT2D eigenvalue weighted by Gasteiger charge is -2.39. The summed E-state index contributed by atoms with van der Waals surface area (Å²) in [7, 11) is 1.33. The minimum absolute atomic E-state index is 0. The van der Waals surface area contributed by atoms with Gasteiger partial charge >= 0.3 is 11.9 Å². The van der Waals surface area contributed by atoms with Crippen LogP contribution in [0.4, 0.5) is 0 Å². The van der Waals surface area contributed by atoms with Gasteiger partial charge in [0.2, 0.25) is 0 Å². The molecule has 6 heteroatoms. The van der Waals surface area contributed by atoms with Crippen molar-refractivity contribution in [2.75, 3.05) is 33.4 Å². The van der Waals surface area contributed by atoms with Crippen LogP contribution in [0.5, 0.6) is 0 Å². The fourth-order valence-electron chi connectivity index (χ4n) is 3.10. The van der Waals surface area contributed by atoms with E-state index in [0.717, 1.165) is 30.7 Å². The number of benzene rings is 1. The van der Waals surface area contributed by atoms with Crippen LogP contribution >= 0.6 is 0 Å². The van der Waals surface area contributed by atoms with E-state index >= 15 is 0 Å². The van der Waals surface area contributed by atoms with Crippen LogP contribution < -0.4 is 12.4 Å².